The highest BCUT2D eigenvalue weighted by molar-refractivity contribution is 7.91. The summed E-state index contributed by atoms with van der Waals surface area (Å²) >= 11 is 0. The van der Waals surface area contributed by atoms with Gasteiger partial charge in [0.1, 0.15) is 0 Å². The monoisotopic (exact) mass is 233 g/mol. The van der Waals surface area contributed by atoms with Crippen LogP contribution in [0.15, 0.2) is 0 Å². The lowest BCUT2D eigenvalue weighted by Crippen LogP contribution is -2.58. The molecule has 0 radical (unpaired) electrons. The zero-order valence-corrected chi connectivity index (χ0v) is 11.3. The lowest BCUT2D eigenvalue weighted by Gasteiger charge is -2.46. The molecule has 4 heteroatoms. The normalized spacial score (nSPS) is 28.3. The van der Waals surface area contributed by atoms with E-state index in [2.05, 4.69) is 39.5 Å². The van der Waals surface area contributed by atoms with Crippen LogP contribution >= 0.6 is 0 Å². The Morgan fingerprint density at radius 1 is 1.27 bits per heavy atom. The molecule has 0 aromatic rings. The molecule has 15 heavy (non-hydrogen) atoms. The molecule has 0 bridgehead atoms. The summed E-state index contributed by atoms with van der Waals surface area (Å²) in [5, 5.41) is 0. The highest BCUT2D eigenvalue weighted by atomic mass is 32.2. The van der Waals surface area contributed by atoms with Crippen molar-refractivity contribution in [3.63, 3.8) is 0 Å². The van der Waals surface area contributed by atoms with Crippen molar-refractivity contribution in [2.45, 2.75) is 46.2 Å². The van der Waals surface area contributed by atoms with E-state index in [4.69, 9.17) is 0 Å². The molecular weight excluding hydrogens is 210 g/mol. The minimum Gasteiger partial charge on any atom is -0.293 e. The number of rotatable bonds is 1. The molecule has 0 spiro atoms. The number of hydrogen-bond acceptors (Lipinski definition) is 3. The molecule has 0 amide bonds. The molecule has 1 saturated heterocycles. The Kier molecular flexibility index (Phi) is 3.51. The van der Waals surface area contributed by atoms with Crippen LogP contribution in [-0.2, 0) is 9.84 Å². The van der Waals surface area contributed by atoms with Crippen LogP contribution < -0.4 is 0 Å². The second kappa shape index (κ2) is 4.06. The fraction of sp³-hybridized carbons (Fsp3) is 1.00. The first kappa shape index (κ1) is 13.0. The Labute approximate surface area is 93.8 Å². The van der Waals surface area contributed by atoms with E-state index in [1.165, 1.54) is 0 Å². The molecule has 1 aliphatic heterocycles. The topological polar surface area (TPSA) is 37.4 Å². The molecule has 1 rings (SSSR count). The zero-order chi connectivity index (χ0) is 11.9. The van der Waals surface area contributed by atoms with Crippen LogP contribution in [0.2, 0.25) is 0 Å². The smallest absolute Gasteiger partial charge is 0.153 e. The van der Waals surface area contributed by atoms with E-state index in [9.17, 15) is 8.42 Å². The van der Waals surface area contributed by atoms with Gasteiger partial charge in [-0.1, -0.05) is 13.8 Å². The summed E-state index contributed by atoms with van der Waals surface area (Å²) in [6, 6.07) is 0.170. The average molecular weight is 233 g/mol. The van der Waals surface area contributed by atoms with E-state index in [1.54, 1.807) is 0 Å². The molecule has 1 aliphatic rings. The van der Waals surface area contributed by atoms with Crippen molar-refractivity contribution in [3.8, 4) is 0 Å². The van der Waals surface area contributed by atoms with Gasteiger partial charge in [-0.3, -0.25) is 4.90 Å². The van der Waals surface area contributed by atoms with Crippen molar-refractivity contribution in [3.05, 3.63) is 0 Å². The van der Waals surface area contributed by atoms with Crippen molar-refractivity contribution >= 4 is 9.84 Å². The summed E-state index contributed by atoms with van der Waals surface area (Å²) in [6.07, 6.45) is 0. The molecule has 0 N–H and O–H groups in total. The van der Waals surface area contributed by atoms with E-state index in [0.29, 0.717) is 24.0 Å². The van der Waals surface area contributed by atoms with Crippen molar-refractivity contribution in [2.75, 3.05) is 18.1 Å². The summed E-state index contributed by atoms with van der Waals surface area (Å²) in [6.45, 7) is 11.3. The van der Waals surface area contributed by atoms with Crippen LogP contribution in [0.3, 0.4) is 0 Å². The largest absolute Gasteiger partial charge is 0.293 e. The van der Waals surface area contributed by atoms with Crippen LogP contribution in [0.4, 0.5) is 0 Å². The molecule has 1 atom stereocenters. The van der Waals surface area contributed by atoms with Gasteiger partial charge in [-0.25, -0.2) is 8.42 Å². The van der Waals surface area contributed by atoms with Gasteiger partial charge in [0.25, 0.3) is 0 Å². The second-order valence-electron chi connectivity index (χ2n) is 5.79. The van der Waals surface area contributed by atoms with Gasteiger partial charge in [0.2, 0.25) is 0 Å². The SMILES string of the molecule is CC(C)C1CS(=O)(=O)CCN1C(C)(C)C. The van der Waals surface area contributed by atoms with Crippen molar-refractivity contribution in [1.29, 1.82) is 0 Å². The summed E-state index contributed by atoms with van der Waals surface area (Å²) in [4.78, 5) is 2.33. The maximum absolute atomic E-state index is 11.6. The Balaban J connectivity index is 2.91. The fourth-order valence-electron chi connectivity index (χ4n) is 2.22. The third-order valence-electron chi connectivity index (χ3n) is 3.10. The highest BCUT2D eigenvalue weighted by Crippen LogP contribution is 2.26. The molecule has 3 nitrogen and oxygen atoms in total. The molecule has 0 aromatic carbocycles. The quantitative estimate of drug-likeness (QED) is 0.689. The number of nitrogens with zero attached hydrogens (tertiary/aromatic N) is 1. The first-order valence-corrected chi connectivity index (χ1v) is 7.43. The molecule has 0 saturated carbocycles. The third kappa shape index (κ3) is 3.18. The molecular formula is C11H23NO2S. The van der Waals surface area contributed by atoms with Crippen molar-refractivity contribution in [1.82, 2.24) is 4.90 Å². The maximum atomic E-state index is 11.6. The highest BCUT2D eigenvalue weighted by Gasteiger charge is 2.38. The summed E-state index contributed by atoms with van der Waals surface area (Å²) in [5.74, 6) is 1.02. The van der Waals surface area contributed by atoms with Crippen molar-refractivity contribution < 1.29 is 8.42 Å². The second-order valence-corrected chi connectivity index (χ2v) is 8.02. The van der Waals surface area contributed by atoms with Gasteiger partial charge in [-0.2, -0.15) is 0 Å². The summed E-state index contributed by atoms with van der Waals surface area (Å²) in [7, 11) is -2.81. The summed E-state index contributed by atoms with van der Waals surface area (Å²) in [5.41, 5.74) is 0.0604. The molecule has 90 valence electrons. The average Bonchev–Trinajstić information content (AvgIpc) is 1.99. The lowest BCUT2D eigenvalue weighted by molar-refractivity contribution is 0.0698. The molecule has 0 aromatic heterocycles. The predicted molar refractivity (Wildman–Crippen MR) is 63.7 cm³/mol. The Morgan fingerprint density at radius 2 is 1.80 bits per heavy atom. The van der Waals surface area contributed by atoms with Gasteiger partial charge in [0, 0.05) is 18.1 Å². The Morgan fingerprint density at radius 3 is 2.20 bits per heavy atom. The first-order chi connectivity index (χ1) is 6.63. The van der Waals surface area contributed by atoms with Crippen LogP contribution in [0.1, 0.15) is 34.6 Å². The predicted octanol–water partition coefficient (Wildman–Crippen LogP) is 1.54. The molecule has 1 fully saturated rings. The lowest BCUT2D eigenvalue weighted by atomic mass is 9.97. The van der Waals surface area contributed by atoms with Gasteiger partial charge in [0.15, 0.2) is 9.84 Å². The van der Waals surface area contributed by atoms with E-state index < -0.39 is 9.84 Å². The van der Waals surface area contributed by atoms with E-state index >= 15 is 0 Å². The summed E-state index contributed by atoms with van der Waals surface area (Å²) < 4.78 is 23.2. The van der Waals surface area contributed by atoms with Crippen LogP contribution in [0, 0.1) is 5.92 Å². The minimum atomic E-state index is -2.81. The standard InChI is InChI=1S/C11H23NO2S/c1-9(2)10-8-15(13,14)7-6-12(10)11(3,4)5/h9-10H,6-8H2,1-5H3. The zero-order valence-electron chi connectivity index (χ0n) is 10.4. The van der Waals surface area contributed by atoms with E-state index in [0.717, 1.165) is 0 Å². The van der Waals surface area contributed by atoms with Gasteiger partial charge in [0.05, 0.1) is 11.5 Å². The number of sulfone groups is 1. The van der Waals surface area contributed by atoms with Crippen LogP contribution in [-0.4, -0.2) is 42.9 Å². The van der Waals surface area contributed by atoms with E-state index in [1.807, 2.05) is 0 Å². The van der Waals surface area contributed by atoms with Gasteiger partial charge in [-0.15, -0.1) is 0 Å². The minimum absolute atomic E-state index is 0.0604. The molecule has 1 heterocycles. The fourth-order valence-corrected chi connectivity index (χ4v) is 3.95. The van der Waals surface area contributed by atoms with E-state index in [-0.39, 0.29) is 11.6 Å². The van der Waals surface area contributed by atoms with Gasteiger partial charge >= 0.3 is 0 Å². The van der Waals surface area contributed by atoms with Gasteiger partial charge in [-0.05, 0) is 26.7 Å². The Bertz CT molecular complexity index is 314. The van der Waals surface area contributed by atoms with Crippen LogP contribution in [0.5, 0.6) is 0 Å². The van der Waals surface area contributed by atoms with Gasteiger partial charge < -0.3 is 0 Å². The van der Waals surface area contributed by atoms with Crippen LogP contribution in [0.25, 0.3) is 0 Å². The third-order valence-corrected chi connectivity index (χ3v) is 4.75. The Hall–Kier alpha value is -0.0900. The van der Waals surface area contributed by atoms with Crippen molar-refractivity contribution in [2.24, 2.45) is 5.92 Å². The first-order valence-electron chi connectivity index (χ1n) is 5.60. The molecule has 0 aliphatic carbocycles. The maximum Gasteiger partial charge on any atom is 0.153 e. The molecule has 1 unspecified atom stereocenters. The number of hydrogen-bond donors (Lipinski definition) is 0.